The Morgan fingerprint density at radius 2 is 1.19 bits per heavy atom. The van der Waals surface area contributed by atoms with Crippen LogP contribution in [0.2, 0.25) is 0 Å². The third-order valence-electron chi connectivity index (χ3n) is 5.17. The lowest BCUT2D eigenvalue weighted by atomic mass is 10.0. The van der Waals surface area contributed by atoms with Crippen LogP contribution in [0.1, 0.15) is 96.0 Å². The first kappa shape index (κ1) is 26.2. The molecule has 0 unspecified atom stereocenters. The fourth-order valence-electron chi connectivity index (χ4n) is 3.57. The fraction of sp³-hybridized carbons (Fsp3) is 0.680. The lowest BCUT2D eigenvalue weighted by molar-refractivity contribution is -0.852. The van der Waals surface area contributed by atoms with Gasteiger partial charge < -0.3 is 12.4 Å². The van der Waals surface area contributed by atoms with Gasteiger partial charge in [-0.1, -0.05) is 108 Å². The maximum atomic E-state index is 2.39. The van der Waals surface area contributed by atoms with Crippen molar-refractivity contribution in [2.45, 2.75) is 96.9 Å². The highest BCUT2D eigenvalue weighted by atomic mass is 35.5. The molecule has 27 heavy (non-hydrogen) atoms. The van der Waals surface area contributed by atoms with Crippen molar-refractivity contribution in [1.82, 2.24) is 0 Å². The summed E-state index contributed by atoms with van der Waals surface area (Å²) in [6, 6.07) is 10.8. The molecule has 1 rings (SSSR count). The molecule has 0 atom stereocenters. The van der Waals surface area contributed by atoms with Crippen molar-refractivity contribution in [3.63, 3.8) is 0 Å². The van der Waals surface area contributed by atoms with Crippen LogP contribution in [0, 0.1) is 0 Å². The van der Waals surface area contributed by atoms with Crippen LogP contribution in [0.5, 0.6) is 0 Å². The minimum absolute atomic E-state index is 0. The molecule has 1 nitrogen and oxygen atoms in total. The van der Waals surface area contributed by atoms with Gasteiger partial charge in [0.05, 0.1) is 20.3 Å². The lowest BCUT2D eigenvalue weighted by Crippen LogP contribution is -3.00. The normalized spacial score (nSPS) is 11.7. The minimum Gasteiger partial charge on any atom is -1.00 e. The van der Waals surface area contributed by atoms with Crippen LogP contribution in [-0.2, 0) is 6.54 Å². The van der Waals surface area contributed by atoms with Crippen LogP contribution >= 0.6 is 0 Å². The molecule has 0 amide bonds. The second-order valence-corrected chi connectivity index (χ2v) is 8.48. The molecule has 0 aliphatic heterocycles. The predicted octanol–water partition coefficient (Wildman–Crippen LogP) is 4.87. The molecule has 0 saturated heterocycles. The van der Waals surface area contributed by atoms with E-state index in [1.54, 1.807) is 0 Å². The van der Waals surface area contributed by atoms with Crippen molar-refractivity contribution in [2.75, 3.05) is 14.1 Å². The van der Waals surface area contributed by atoms with Gasteiger partial charge in [-0.3, -0.25) is 4.48 Å². The molecule has 0 fully saturated rings. The van der Waals surface area contributed by atoms with Crippen LogP contribution in [-0.4, -0.2) is 18.6 Å². The molecule has 0 N–H and O–H groups in total. The third kappa shape index (κ3) is 15.9. The van der Waals surface area contributed by atoms with Gasteiger partial charge in [-0.25, -0.2) is 0 Å². The van der Waals surface area contributed by atoms with Gasteiger partial charge in [0.2, 0.25) is 0 Å². The van der Waals surface area contributed by atoms with Crippen LogP contribution in [0.4, 0.5) is 0 Å². The van der Waals surface area contributed by atoms with E-state index in [0.29, 0.717) is 0 Å². The van der Waals surface area contributed by atoms with Crippen molar-refractivity contribution in [3.8, 4) is 0 Å². The highest BCUT2D eigenvalue weighted by Crippen LogP contribution is 2.14. The molecule has 0 aromatic heterocycles. The zero-order chi connectivity index (χ0) is 18.9. The number of nitrogens with zero attached hydrogens (tertiary/aromatic N) is 1. The largest absolute Gasteiger partial charge is 1.00 e. The number of benzene rings is 1. The zero-order valence-corrected chi connectivity index (χ0v) is 19.0. The lowest BCUT2D eigenvalue weighted by Gasteiger charge is -2.25. The summed E-state index contributed by atoms with van der Waals surface area (Å²) in [6.45, 7) is 3.36. The Hall–Kier alpha value is -0.790. The van der Waals surface area contributed by atoms with E-state index >= 15 is 0 Å². The molecule has 156 valence electrons. The van der Waals surface area contributed by atoms with E-state index in [2.05, 4.69) is 63.6 Å². The third-order valence-corrected chi connectivity index (χ3v) is 5.17. The number of hydrogen-bond acceptors (Lipinski definition) is 0. The molecular formula is C25H44ClN. The summed E-state index contributed by atoms with van der Waals surface area (Å²) < 4.78 is 0.933. The summed E-state index contributed by atoms with van der Waals surface area (Å²) >= 11 is 0. The summed E-state index contributed by atoms with van der Waals surface area (Å²) in [5.74, 6) is 0. The summed E-state index contributed by atoms with van der Waals surface area (Å²) in [5, 5.41) is 0. The number of allylic oxidation sites excluding steroid dienone is 1. The topological polar surface area (TPSA) is 0 Å². The maximum absolute atomic E-state index is 2.39. The Balaban J connectivity index is 0.00000676. The van der Waals surface area contributed by atoms with Crippen molar-refractivity contribution in [1.29, 1.82) is 0 Å². The minimum atomic E-state index is 0. The Bertz CT molecular complexity index is 453. The molecule has 0 bridgehead atoms. The zero-order valence-electron chi connectivity index (χ0n) is 18.3. The van der Waals surface area contributed by atoms with Crippen molar-refractivity contribution in [2.24, 2.45) is 0 Å². The first-order valence-corrected chi connectivity index (χ1v) is 11.2. The molecule has 0 radical (unpaired) electrons. The van der Waals surface area contributed by atoms with Crippen LogP contribution in [0.15, 0.2) is 42.6 Å². The molecule has 1 aromatic carbocycles. The molecule has 0 saturated carbocycles. The quantitative estimate of drug-likeness (QED) is 0.277. The maximum Gasteiger partial charge on any atom is 0.108 e. The van der Waals surface area contributed by atoms with Gasteiger partial charge >= 0.3 is 0 Å². The van der Waals surface area contributed by atoms with Crippen molar-refractivity contribution in [3.05, 3.63) is 48.2 Å². The summed E-state index contributed by atoms with van der Waals surface area (Å²) in [5.41, 5.74) is 1.41. The number of rotatable bonds is 16. The smallest absolute Gasteiger partial charge is 0.108 e. The molecule has 0 aliphatic carbocycles. The number of halogens is 1. The summed E-state index contributed by atoms with van der Waals surface area (Å²) in [7, 11) is 4.57. The van der Waals surface area contributed by atoms with Crippen molar-refractivity contribution < 1.29 is 16.9 Å². The summed E-state index contributed by atoms with van der Waals surface area (Å²) in [4.78, 5) is 0. The molecule has 0 spiro atoms. The van der Waals surface area contributed by atoms with E-state index in [-0.39, 0.29) is 12.4 Å². The van der Waals surface area contributed by atoms with Gasteiger partial charge in [0.1, 0.15) is 6.54 Å². The molecule has 0 aliphatic rings. The number of unbranched alkanes of at least 4 members (excludes halogenated alkanes) is 12. The van der Waals surface area contributed by atoms with E-state index in [0.717, 1.165) is 11.0 Å². The van der Waals surface area contributed by atoms with Gasteiger partial charge in [-0.15, -0.1) is 0 Å². The second kappa shape index (κ2) is 17.3. The Morgan fingerprint density at radius 3 is 1.70 bits per heavy atom. The molecule has 0 heterocycles. The monoisotopic (exact) mass is 393 g/mol. The van der Waals surface area contributed by atoms with Crippen molar-refractivity contribution >= 4 is 0 Å². The van der Waals surface area contributed by atoms with Crippen LogP contribution in [0.3, 0.4) is 0 Å². The average molecular weight is 394 g/mol. The predicted molar refractivity (Wildman–Crippen MR) is 117 cm³/mol. The average Bonchev–Trinajstić information content (AvgIpc) is 2.62. The van der Waals surface area contributed by atoms with E-state index in [1.807, 2.05) is 0 Å². The van der Waals surface area contributed by atoms with E-state index in [1.165, 1.54) is 89.0 Å². The van der Waals surface area contributed by atoms with E-state index in [4.69, 9.17) is 0 Å². The highest BCUT2D eigenvalue weighted by Gasteiger charge is 2.11. The van der Waals surface area contributed by atoms with Crippen LogP contribution < -0.4 is 12.4 Å². The molecular weight excluding hydrogens is 350 g/mol. The Kier molecular flexibility index (Phi) is 16.8. The Morgan fingerprint density at radius 1 is 0.704 bits per heavy atom. The van der Waals surface area contributed by atoms with Gasteiger partial charge in [-0.05, 0) is 18.9 Å². The molecule has 1 aromatic rings. The second-order valence-electron chi connectivity index (χ2n) is 8.48. The first-order chi connectivity index (χ1) is 12.6. The van der Waals surface area contributed by atoms with E-state index in [9.17, 15) is 0 Å². The number of quaternary nitrogens is 1. The summed E-state index contributed by atoms with van der Waals surface area (Å²) in [6.07, 6.45) is 23.1. The van der Waals surface area contributed by atoms with E-state index < -0.39 is 0 Å². The first-order valence-electron chi connectivity index (χ1n) is 11.2. The molecule has 2 heteroatoms. The Labute approximate surface area is 176 Å². The van der Waals surface area contributed by atoms with Crippen LogP contribution in [0.25, 0.3) is 0 Å². The van der Waals surface area contributed by atoms with Gasteiger partial charge in [0.25, 0.3) is 0 Å². The number of hydrogen-bond donors (Lipinski definition) is 0. The SMILES string of the molecule is CCCCCCCCCCCCCCC=C[N+](C)(C)Cc1ccccc1.[Cl-]. The fourth-order valence-corrected chi connectivity index (χ4v) is 3.57. The van der Waals surface area contributed by atoms with Gasteiger partial charge in [0.15, 0.2) is 0 Å². The van der Waals surface area contributed by atoms with Gasteiger partial charge in [0, 0.05) is 5.56 Å². The van der Waals surface area contributed by atoms with Gasteiger partial charge in [-0.2, -0.15) is 0 Å². The standard InChI is InChI=1S/C25H44N.ClH/c1-4-5-6-7-8-9-10-11-12-13-14-15-16-20-23-26(2,3)24-25-21-18-17-19-22-25;/h17-23H,4-16,24H2,1-3H3;1H/q+1;/p-1. The highest BCUT2D eigenvalue weighted by molar-refractivity contribution is 5.13.